The van der Waals surface area contributed by atoms with Gasteiger partial charge in [-0.1, -0.05) is 114 Å². The second-order valence-electron chi connectivity index (χ2n) is 14.6. The second-order valence-corrected chi connectivity index (χ2v) is 18.1. The van der Waals surface area contributed by atoms with E-state index in [1.54, 1.807) is 55.1 Å². The van der Waals surface area contributed by atoms with Crippen LogP contribution in [0.5, 0.6) is 0 Å². The van der Waals surface area contributed by atoms with Gasteiger partial charge in [0.05, 0.1) is 28.9 Å². The highest BCUT2D eigenvalue weighted by Gasteiger charge is 2.15. The molecule has 11 heteroatoms. The SMILES string of the molecule is Cc1c(SCc2ccc(CCCCF)cc2)oc2ccccc2c1=O.Cc1ccc(S(=O)(=O)OCCCCc2ccc(CSc3oc4ccccc4c(=O)c3C)cc2)cc1. The topological polar surface area (TPSA) is 104 Å². The Labute approximate surface area is 359 Å². The quantitative estimate of drug-likeness (QED) is 0.0503. The summed E-state index contributed by atoms with van der Waals surface area (Å²) in [7, 11) is -3.70. The van der Waals surface area contributed by atoms with Gasteiger partial charge in [-0.05, 0) is 118 Å². The fraction of sp³-hybridized carbons (Fsp3) is 0.265. The minimum Gasteiger partial charge on any atom is -0.449 e. The van der Waals surface area contributed by atoms with E-state index in [0.29, 0.717) is 61.8 Å². The Hall–Kier alpha value is -4.94. The maximum atomic E-state index is 12.6. The van der Waals surface area contributed by atoms with E-state index in [1.807, 2.05) is 50.2 Å². The van der Waals surface area contributed by atoms with Crippen LogP contribution in [0.25, 0.3) is 21.9 Å². The molecule has 2 heterocycles. The Bertz CT molecular complexity index is 2730. The summed E-state index contributed by atoms with van der Waals surface area (Å²) in [5.41, 5.74) is 8.32. The largest absolute Gasteiger partial charge is 0.449 e. The van der Waals surface area contributed by atoms with Crippen molar-refractivity contribution < 1.29 is 25.8 Å². The first-order valence-electron chi connectivity index (χ1n) is 20.0. The van der Waals surface area contributed by atoms with Crippen LogP contribution in [-0.4, -0.2) is 21.7 Å². The van der Waals surface area contributed by atoms with Crippen molar-refractivity contribution in [1.29, 1.82) is 0 Å². The predicted octanol–water partition coefficient (Wildman–Crippen LogP) is 12.1. The van der Waals surface area contributed by atoms with Gasteiger partial charge in [0.15, 0.2) is 21.0 Å². The maximum absolute atomic E-state index is 12.6. The minimum absolute atomic E-state index is 0.0142. The van der Waals surface area contributed by atoms with Crippen LogP contribution >= 0.6 is 23.5 Å². The van der Waals surface area contributed by atoms with Crippen LogP contribution in [0.4, 0.5) is 4.39 Å². The summed E-state index contributed by atoms with van der Waals surface area (Å²) in [6, 6.07) is 38.0. The average Bonchev–Trinajstić information content (AvgIpc) is 3.26. The molecule has 0 aliphatic carbocycles. The third-order valence-corrected chi connectivity index (χ3v) is 13.6. The number of thioether (sulfide) groups is 2. The van der Waals surface area contributed by atoms with Gasteiger partial charge in [0.1, 0.15) is 11.2 Å². The highest BCUT2D eigenvalue weighted by molar-refractivity contribution is 7.98. The lowest BCUT2D eigenvalue weighted by molar-refractivity contribution is 0.308. The average molecular weight is 865 g/mol. The van der Waals surface area contributed by atoms with Gasteiger partial charge in [-0.2, -0.15) is 8.42 Å². The minimum atomic E-state index is -3.70. The molecule has 5 aromatic carbocycles. The Morgan fingerprint density at radius 3 is 1.45 bits per heavy atom. The number of rotatable bonds is 17. The zero-order valence-electron chi connectivity index (χ0n) is 34.1. The number of unbranched alkanes of at least 4 members (excludes halogenated alkanes) is 2. The van der Waals surface area contributed by atoms with Crippen molar-refractivity contribution >= 4 is 55.6 Å². The van der Waals surface area contributed by atoms with Gasteiger partial charge in [-0.15, -0.1) is 0 Å². The molecule has 0 saturated heterocycles. The zero-order valence-corrected chi connectivity index (χ0v) is 36.5. The summed E-state index contributed by atoms with van der Waals surface area (Å²) >= 11 is 3.06. The van der Waals surface area contributed by atoms with Gasteiger partial charge in [-0.25, -0.2) is 0 Å². The predicted molar refractivity (Wildman–Crippen MR) is 243 cm³/mol. The second kappa shape index (κ2) is 21.5. The first-order valence-corrected chi connectivity index (χ1v) is 23.4. The Kier molecular flexibility index (Phi) is 16.0. The highest BCUT2D eigenvalue weighted by atomic mass is 32.2. The maximum Gasteiger partial charge on any atom is 0.296 e. The van der Waals surface area contributed by atoms with Crippen molar-refractivity contribution in [3.05, 3.63) is 181 Å². The van der Waals surface area contributed by atoms with E-state index >= 15 is 0 Å². The highest BCUT2D eigenvalue weighted by Crippen LogP contribution is 2.29. The van der Waals surface area contributed by atoms with Gasteiger partial charge in [-0.3, -0.25) is 18.2 Å². The van der Waals surface area contributed by atoms with Gasteiger partial charge in [0.2, 0.25) is 0 Å². The monoisotopic (exact) mass is 864 g/mol. The zero-order chi connectivity index (χ0) is 42.5. The summed E-state index contributed by atoms with van der Waals surface area (Å²) in [5, 5.41) is 2.56. The lowest BCUT2D eigenvalue weighted by atomic mass is 10.1. The lowest BCUT2D eigenvalue weighted by Crippen LogP contribution is -2.07. The molecule has 0 unspecified atom stereocenters. The Balaban J connectivity index is 0.000000213. The molecule has 0 N–H and O–H groups in total. The van der Waals surface area contributed by atoms with Crippen molar-refractivity contribution in [2.45, 2.75) is 85.9 Å². The molecule has 7 aromatic rings. The van der Waals surface area contributed by atoms with Gasteiger partial charge < -0.3 is 8.83 Å². The molecule has 60 heavy (non-hydrogen) atoms. The number of fused-ring (bicyclic) bond motifs is 2. The molecule has 0 spiro atoms. The number of hydrogen-bond acceptors (Lipinski definition) is 9. The summed E-state index contributed by atoms with van der Waals surface area (Å²) in [6.07, 6.45) is 4.75. The number of alkyl halides is 1. The molecule has 0 amide bonds. The molecule has 312 valence electrons. The summed E-state index contributed by atoms with van der Waals surface area (Å²) in [6.45, 7) is 5.45. The van der Waals surface area contributed by atoms with Crippen LogP contribution < -0.4 is 10.9 Å². The van der Waals surface area contributed by atoms with E-state index in [0.717, 1.165) is 42.6 Å². The molecule has 0 fully saturated rings. The number of hydrogen-bond donors (Lipinski definition) is 0. The van der Waals surface area contributed by atoms with Crippen LogP contribution in [0.15, 0.2) is 155 Å². The van der Waals surface area contributed by atoms with E-state index in [-0.39, 0.29) is 29.0 Å². The third-order valence-electron chi connectivity index (χ3n) is 10.0. The van der Waals surface area contributed by atoms with E-state index in [9.17, 15) is 22.4 Å². The van der Waals surface area contributed by atoms with Crippen molar-refractivity contribution in [2.75, 3.05) is 13.3 Å². The standard InChI is InChI=1S/C28H28O5S2.C21H21FO2S/c1-20-10-16-24(17-11-20)35(30,31)32-18-6-5-7-22-12-14-23(15-13-22)19-34-28-21(2)27(29)25-8-3-4-9-26(25)33-28;1-15-20(23)18-7-2-3-8-19(18)24-21(15)25-14-17-11-9-16(10-12-17)6-4-5-13-22/h3-4,8-17H,5-7,18-19H2,1-2H3;2-3,7-12H,4-6,13-14H2,1H3. The van der Waals surface area contributed by atoms with Gasteiger partial charge in [0.25, 0.3) is 10.1 Å². The van der Waals surface area contributed by atoms with Crippen LogP contribution in [0.1, 0.15) is 64.6 Å². The lowest BCUT2D eigenvalue weighted by Gasteiger charge is -2.08. The third kappa shape index (κ3) is 12.1. The first kappa shape index (κ1) is 44.6. The summed E-state index contributed by atoms with van der Waals surface area (Å²) in [4.78, 5) is 25.2. The van der Waals surface area contributed by atoms with Crippen molar-refractivity contribution in [3.8, 4) is 0 Å². The molecular weight excluding hydrogens is 816 g/mol. The van der Waals surface area contributed by atoms with E-state index in [1.165, 1.54) is 28.5 Å². The first-order chi connectivity index (χ1) is 29.0. The molecule has 0 aliphatic rings. The normalized spacial score (nSPS) is 11.5. The van der Waals surface area contributed by atoms with E-state index in [4.69, 9.17) is 13.0 Å². The van der Waals surface area contributed by atoms with Gasteiger partial charge in [0, 0.05) is 22.6 Å². The fourth-order valence-corrected chi connectivity index (χ4v) is 9.24. The van der Waals surface area contributed by atoms with Crippen LogP contribution in [0.3, 0.4) is 0 Å². The molecule has 0 saturated carbocycles. The van der Waals surface area contributed by atoms with Crippen LogP contribution in [0.2, 0.25) is 0 Å². The molecular formula is C49H49FO7S3. The number of halogens is 1. The Morgan fingerprint density at radius 1 is 0.550 bits per heavy atom. The fourth-order valence-electron chi connectivity index (χ4n) is 6.40. The Morgan fingerprint density at radius 2 is 0.983 bits per heavy atom. The van der Waals surface area contributed by atoms with Crippen molar-refractivity contribution in [1.82, 2.24) is 0 Å². The number of aryl methyl sites for hydroxylation is 3. The number of benzene rings is 5. The van der Waals surface area contributed by atoms with Crippen molar-refractivity contribution in [2.24, 2.45) is 0 Å². The summed E-state index contributed by atoms with van der Waals surface area (Å²) in [5.74, 6) is 1.44. The van der Waals surface area contributed by atoms with Crippen LogP contribution in [-0.2, 0) is 38.6 Å². The van der Waals surface area contributed by atoms with E-state index < -0.39 is 10.1 Å². The number of para-hydroxylation sites is 2. The molecule has 0 atom stereocenters. The summed E-state index contributed by atoms with van der Waals surface area (Å²) < 4.78 is 53.7. The van der Waals surface area contributed by atoms with Gasteiger partial charge >= 0.3 is 0 Å². The molecule has 0 radical (unpaired) electrons. The molecule has 7 nitrogen and oxygen atoms in total. The van der Waals surface area contributed by atoms with Crippen molar-refractivity contribution in [3.63, 3.8) is 0 Å². The molecule has 7 rings (SSSR count). The molecule has 2 aromatic heterocycles. The van der Waals surface area contributed by atoms with Crippen LogP contribution in [0, 0.1) is 20.8 Å². The van der Waals surface area contributed by atoms with E-state index in [2.05, 4.69) is 48.5 Å². The molecule has 0 aliphatic heterocycles. The smallest absolute Gasteiger partial charge is 0.296 e. The molecule has 0 bridgehead atoms.